The zero-order valence-corrected chi connectivity index (χ0v) is 13.2. The topological polar surface area (TPSA) is 17.8 Å². The van der Waals surface area contributed by atoms with E-state index in [0.717, 1.165) is 0 Å². The average molecular weight is 344 g/mol. The van der Waals surface area contributed by atoms with Crippen LogP contribution in [0.1, 0.15) is 18.1 Å². The van der Waals surface area contributed by atoms with E-state index in [9.17, 15) is 4.39 Å². The molecule has 0 amide bonds. The van der Waals surface area contributed by atoms with Gasteiger partial charge in [-0.05, 0) is 37.3 Å². The van der Waals surface area contributed by atoms with Crippen molar-refractivity contribution in [3.8, 4) is 5.69 Å². The molecule has 1 aromatic heterocycles. The summed E-state index contributed by atoms with van der Waals surface area (Å²) in [6.07, 6.45) is 0. The van der Waals surface area contributed by atoms with Crippen LogP contribution in [0.4, 0.5) is 4.39 Å². The maximum atomic E-state index is 14.3. The lowest BCUT2D eigenvalue weighted by Gasteiger charge is -2.13. The Morgan fingerprint density at radius 1 is 1.19 bits per heavy atom. The van der Waals surface area contributed by atoms with E-state index in [-0.39, 0.29) is 10.7 Å². The van der Waals surface area contributed by atoms with Crippen molar-refractivity contribution in [1.29, 1.82) is 0 Å². The third kappa shape index (κ3) is 2.50. The SMILES string of the molecule is CC(Cl)c1nc2ccc(Cl)cc2n1-c1c(F)cccc1Cl. The summed E-state index contributed by atoms with van der Waals surface area (Å²) in [5.41, 5.74) is 1.57. The molecule has 3 aromatic rings. The predicted octanol–water partition coefficient (Wildman–Crippen LogP) is 5.77. The molecule has 0 aliphatic carbocycles. The van der Waals surface area contributed by atoms with E-state index in [4.69, 9.17) is 34.8 Å². The van der Waals surface area contributed by atoms with Crippen molar-refractivity contribution in [2.24, 2.45) is 0 Å². The standard InChI is InChI=1S/C15H10Cl3FN2/c1-8(16)15-20-12-6-5-9(17)7-13(12)21(15)14-10(18)3-2-4-11(14)19/h2-8H,1H3. The number of fused-ring (bicyclic) bond motifs is 1. The summed E-state index contributed by atoms with van der Waals surface area (Å²) in [4.78, 5) is 4.46. The van der Waals surface area contributed by atoms with Gasteiger partial charge in [0.1, 0.15) is 17.3 Å². The molecule has 0 aliphatic rings. The lowest BCUT2D eigenvalue weighted by molar-refractivity contribution is 0.616. The fourth-order valence-electron chi connectivity index (χ4n) is 2.27. The largest absolute Gasteiger partial charge is 0.291 e. The van der Waals surface area contributed by atoms with Crippen molar-refractivity contribution >= 4 is 45.8 Å². The van der Waals surface area contributed by atoms with E-state index in [1.807, 2.05) is 0 Å². The fourth-order valence-corrected chi connectivity index (χ4v) is 2.83. The quantitative estimate of drug-likeness (QED) is 0.540. The molecule has 3 rings (SSSR count). The highest BCUT2D eigenvalue weighted by molar-refractivity contribution is 6.32. The summed E-state index contributed by atoms with van der Waals surface area (Å²) in [5.74, 6) is 0.0706. The molecule has 0 N–H and O–H groups in total. The highest BCUT2D eigenvalue weighted by Crippen LogP contribution is 2.33. The van der Waals surface area contributed by atoms with Crippen LogP contribution >= 0.6 is 34.8 Å². The Morgan fingerprint density at radius 2 is 1.95 bits per heavy atom. The van der Waals surface area contributed by atoms with Gasteiger partial charge in [-0.15, -0.1) is 11.6 Å². The molecule has 0 saturated carbocycles. The first-order valence-corrected chi connectivity index (χ1v) is 7.44. The minimum absolute atomic E-state index is 0.228. The monoisotopic (exact) mass is 342 g/mol. The lowest BCUT2D eigenvalue weighted by Crippen LogP contribution is -2.05. The smallest absolute Gasteiger partial charge is 0.148 e. The van der Waals surface area contributed by atoms with Crippen molar-refractivity contribution in [2.75, 3.05) is 0 Å². The third-order valence-corrected chi connectivity index (χ3v) is 3.89. The first kappa shape index (κ1) is 14.6. The summed E-state index contributed by atoms with van der Waals surface area (Å²) in [6, 6.07) is 9.74. The van der Waals surface area contributed by atoms with Crippen LogP contribution in [0.3, 0.4) is 0 Å². The molecule has 0 aliphatic heterocycles. The normalized spacial score (nSPS) is 12.8. The molecule has 0 radical (unpaired) electrons. The zero-order chi connectivity index (χ0) is 15.1. The zero-order valence-electron chi connectivity index (χ0n) is 10.9. The van der Waals surface area contributed by atoms with Gasteiger partial charge >= 0.3 is 0 Å². The van der Waals surface area contributed by atoms with E-state index in [0.29, 0.717) is 21.9 Å². The van der Waals surface area contributed by atoms with Gasteiger partial charge in [0.25, 0.3) is 0 Å². The second kappa shape index (κ2) is 5.48. The maximum Gasteiger partial charge on any atom is 0.148 e. The van der Waals surface area contributed by atoms with Crippen LogP contribution in [0.5, 0.6) is 0 Å². The van der Waals surface area contributed by atoms with E-state index >= 15 is 0 Å². The van der Waals surface area contributed by atoms with Gasteiger partial charge in [0, 0.05) is 5.02 Å². The van der Waals surface area contributed by atoms with Crippen LogP contribution in [0.25, 0.3) is 16.7 Å². The summed E-state index contributed by atoms with van der Waals surface area (Å²) in [7, 11) is 0. The van der Waals surface area contributed by atoms with Crippen molar-refractivity contribution in [2.45, 2.75) is 12.3 Å². The van der Waals surface area contributed by atoms with Gasteiger partial charge in [0.15, 0.2) is 0 Å². The number of benzene rings is 2. The minimum atomic E-state index is -0.444. The van der Waals surface area contributed by atoms with Gasteiger partial charge in [-0.1, -0.05) is 29.3 Å². The first-order chi connectivity index (χ1) is 9.99. The van der Waals surface area contributed by atoms with Crippen LogP contribution in [0.2, 0.25) is 10.0 Å². The molecule has 6 heteroatoms. The number of aromatic nitrogens is 2. The van der Waals surface area contributed by atoms with Crippen LogP contribution in [0.15, 0.2) is 36.4 Å². The highest BCUT2D eigenvalue weighted by Gasteiger charge is 2.20. The summed E-state index contributed by atoms with van der Waals surface area (Å²) < 4.78 is 15.9. The molecular weight excluding hydrogens is 334 g/mol. The number of nitrogens with zero attached hydrogens (tertiary/aromatic N) is 2. The third-order valence-electron chi connectivity index (χ3n) is 3.16. The highest BCUT2D eigenvalue weighted by atomic mass is 35.5. The number of para-hydroxylation sites is 1. The van der Waals surface area contributed by atoms with E-state index in [2.05, 4.69) is 4.98 Å². The van der Waals surface area contributed by atoms with E-state index in [1.54, 1.807) is 41.8 Å². The van der Waals surface area contributed by atoms with Crippen LogP contribution in [-0.2, 0) is 0 Å². The van der Waals surface area contributed by atoms with Gasteiger partial charge in [-0.3, -0.25) is 4.57 Å². The van der Waals surface area contributed by atoms with Crippen molar-refractivity contribution < 1.29 is 4.39 Å². The second-order valence-corrected chi connectivity index (χ2v) is 6.12. The van der Waals surface area contributed by atoms with Gasteiger partial charge < -0.3 is 0 Å². The lowest BCUT2D eigenvalue weighted by atomic mass is 10.2. The number of imidazole rings is 1. The van der Waals surface area contributed by atoms with Crippen molar-refractivity contribution in [1.82, 2.24) is 9.55 Å². The Morgan fingerprint density at radius 3 is 2.62 bits per heavy atom. The van der Waals surface area contributed by atoms with Crippen molar-refractivity contribution in [3.05, 3.63) is 58.1 Å². The molecule has 0 saturated heterocycles. The Kier molecular flexibility index (Phi) is 3.82. The molecule has 1 heterocycles. The molecule has 0 spiro atoms. The Bertz CT molecular complexity index is 807. The maximum absolute atomic E-state index is 14.3. The van der Waals surface area contributed by atoms with Gasteiger partial charge in [-0.2, -0.15) is 0 Å². The number of hydrogen-bond acceptors (Lipinski definition) is 1. The van der Waals surface area contributed by atoms with Gasteiger partial charge in [-0.25, -0.2) is 9.37 Å². The van der Waals surface area contributed by atoms with E-state index in [1.165, 1.54) is 6.07 Å². The molecule has 2 aromatic carbocycles. The van der Waals surface area contributed by atoms with Gasteiger partial charge in [0.2, 0.25) is 0 Å². The molecule has 0 fully saturated rings. The Hall–Kier alpha value is -1.29. The molecular formula is C15H10Cl3FN2. The molecule has 2 nitrogen and oxygen atoms in total. The molecule has 0 bridgehead atoms. The first-order valence-electron chi connectivity index (χ1n) is 6.25. The number of halogens is 4. The predicted molar refractivity (Wildman–Crippen MR) is 85.3 cm³/mol. The summed E-state index contributed by atoms with van der Waals surface area (Å²) in [6.45, 7) is 1.77. The summed E-state index contributed by atoms with van der Waals surface area (Å²) >= 11 is 18.4. The van der Waals surface area contributed by atoms with Crippen LogP contribution in [0, 0.1) is 5.82 Å². The number of alkyl halides is 1. The van der Waals surface area contributed by atoms with Crippen LogP contribution < -0.4 is 0 Å². The molecule has 1 atom stereocenters. The fraction of sp³-hybridized carbons (Fsp3) is 0.133. The minimum Gasteiger partial charge on any atom is -0.291 e. The van der Waals surface area contributed by atoms with E-state index < -0.39 is 11.2 Å². The number of hydrogen-bond donors (Lipinski definition) is 0. The number of rotatable bonds is 2. The van der Waals surface area contributed by atoms with Crippen molar-refractivity contribution in [3.63, 3.8) is 0 Å². The van der Waals surface area contributed by atoms with Gasteiger partial charge in [0.05, 0.1) is 21.4 Å². The summed E-state index contributed by atoms with van der Waals surface area (Å²) in [5, 5.41) is 0.407. The molecule has 1 unspecified atom stereocenters. The molecule has 108 valence electrons. The molecule has 21 heavy (non-hydrogen) atoms. The average Bonchev–Trinajstić information content (AvgIpc) is 2.78. The second-order valence-electron chi connectivity index (χ2n) is 4.62. The van der Waals surface area contributed by atoms with Crippen LogP contribution in [-0.4, -0.2) is 9.55 Å². The Labute approximate surface area is 136 Å². The Balaban J connectivity index is 2.44.